The summed E-state index contributed by atoms with van der Waals surface area (Å²) in [4.78, 5) is 12.6. The predicted molar refractivity (Wildman–Crippen MR) is 121 cm³/mol. The lowest BCUT2D eigenvalue weighted by Gasteiger charge is -2.11. The Labute approximate surface area is 184 Å². The van der Waals surface area contributed by atoms with Crippen molar-refractivity contribution in [3.05, 3.63) is 84.4 Å². The zero-order valence-electron chi connectivity index (χ0n) is 17.1. The van der Waals surface area contributed by atoms with Gasteiger partial charge in [0.25, 0.3) is 5.22 Å². The Kier molecular flexibility index (Phi) is 6.33. The first-order chi connectivity index (χ1) is 15.1. The largest absolute Gasteiger partial charge is 0.457 e. The van der Waals surface area contributed by atoms with Gasteiger partial charge in [-0.05, 0) is 61.9 Å². The lowest BCUT2D eigenvalue weighted by molar-refractivity contribution is -0.115. The average Bonchev–Trinajstić information content (AvgIpc) is 3.24. The van der Waals surface area contributed by atoms with Gasteiger partial charge in [-0.15, -0.1) is 10.2 Å². The van der Waals surface area contributed by atoms with E-state index in [9.17, 15) is 4.79 Å². The lowest BCUT2D eigenvalue weighted by atomic mass is 10.1. The molecule has 0 bridgehead atoms. The first kappa shape index (κ1) is 20.7. The number of nitrogens with one attached hydrogen (secondary N) is 1. The van der Waals surface area contributed by atoms with Crippen LogP contribution in [0.2, 0.25) is 0 Å². The number of rotatable bonds is 7. The zero-order chi connectivity index (χ0) is 21.6. The van der Waals surface area contributed by atoms with Crippen LogP contribution in [0.5, 0.6) is 11.5 Å². The molecule has 0 fully saturated rings. The normalized spacial score (nSPS) is 11.7. The van der Waals surface area contributed by atoms with Crippen molar-refractivity contribution in [3.63, 3.8) is 0 Å². The van der Waals surface area contributed by atoms with Gasteiger partial charge in [-0.2, -0.15) is 0 Å². The number of carbonyl (C=O) groups is 1. The van der Waals surface area contributed by atoms with Gasteiger partial charge in [0.05, 0.1) is 5.25 Å². The van der Waals surface area contributed by atoms with E-state index in [0.29, 0.717) is 22.6 Å². The van der Waals surface area contributed by atoms with Crippen molar-refractivity contribution >= 4 is 23.4 Å². The van der Waals surface area contributed by atoms with Gasteiger partial charge in [-0.25, -0.2) is 0 Å². The Morgan fingerprint density at radius 2 is 1.61 bits per heavy atom. The number of benzene rings is 3. The third-order valence-corrected chi connectivity index (χ3v) is 5.46. The van der Waals surface area contributed by atoms with E-state index in [1.165, 1.54) is 11.8 Å². The third-order valence-electron chi connectivity index (χ3n) is 4.53. The first-order valence-corrected chi connectivity index (χ1v) is 10.7. The van der Waals surface area contributed by atoms with Crippen LogP contribution in [0.1, 0.15) is 12.5 Å². The van der Waals surface area contributed by atoms with E-state index in [2.05, 4.69) is 15.5 Å². The summed E-state index contributed by atoms with van der Waals surface area (Å²) in [5.74, 6) is 1.75. The highest BCUT2D eigenvalue weighted by atomic mass is 32.2. The first-order valence-electron chi connectivity index (χ1n) is 9.78. The van der Waals surface area contributed by atoms with Crippen LogP contribution in [0.25, 0.3) is 11.5 Å². The number of aromatic nitrogens is 2. The second-order valence-corrected chi connectivity index (χ2v) is 8.17. The molecule has 3 aromatic carbocycles. The minimum absolute atomic E-state index is 0.155. The molecule has 1 unspecified atom stereocenters. The highest BCUT2D eigenvalue weighted by molar-refractivity contribution is 8.00. The number of aryl methyl sites for hydroxylation is 1. The number of ether oxygens (including phenoxy) is 1. The van der Waals surface area contributed by atoms with Gasteiger partial charge in [0.15, 0.2) is 0 Å². The molecule has 7 heteroatoms. The number of anilines is 1. The molecule has 4 rings (SSSR count). The van der Waals surface area contributed by atoms with E-state index in [1.807, 2.05) is 73.7 Å². The van der Waals surface area contributed by atoms with Crippen molar-refractivity contribution in [3.8, 4) is 23.0 Å². The molecular formula is C24H21N3O3S. The minimum atomic E-state index is -0.412. The maximum absolute atomic E-state index is 12.6. The number of amides is 1. The Bertz CT molecular complexity index is 1160. The van der Waals surface area contributed by atoms with Crippen LogP contribution < -0.4 is 10.1 Å². The average molecular weight is 432 g/mol. The quantitative estimate of drug-likeness (QED) is 0.364. The lowest BCUT2D eigenvalue weighted by Crippen LogP contribution is -2.22. The van der Waals surface area contributed by atoms with E-state index >= 15 is 0 Å². The molecule has 0 saturated carbocycles. The predicted octanol–water partition coefficient (Wildman–Crippen LogP) is 5.96. The third kappa shape index (κ3) is 5.32. The molecule has 0 saturated heterocycles. The van der Waals surface area contributed by atoms with Gasteiger partial charge >= 0.3 is 0 Å². The molecule has 6 nitrogen and oxygen atoms in total. The molecule has 1 atom stereocenters. The minimum Gasteiger partial charge on any atom is -0.457 e. The Morgan fingerprint density at radius 3 is 2.35 bits per heavy atom. The molecule has 0 aliphatic rings. The van der Waals surface area contributed by atoms with E-state index in [1.54, 1.807) is 19.1 Å². The molecular weight excluding hydrogens is 410 g/mol. The van der Waals surface area contributed by atoms with Gasteiger partial charge in [0.1, 0.15) is 11.5 Å². The van der Waals surface area contributed by atoms with Crippen molar-refractivity contribution < 1.29 is 13.9 Å². The Morgan fingerprint density at radius 1 is 0.935 bits per heavy atom. The molecule has 1 amide bonds. The second-order valence-electron chi connectivity index (χ2n) is 6.88. The van der Waals surface area contributed by atoms with E-state index in [4.69, 9.17) is 9.15 Å². The summed E-state index contributed by atoms with van der Waals surface area (Å²) in [7, 11) is 0. The zero-order valence-corrected chi connectivity index (χ0v) is 17.9. The molecule has 0 aliphatic carbocycles. The van der Waals surface area contributed by atoms with Crippen LogP contribution in [0, 0.1) is 6.92 Å². The maximum atomic E-state index is 12.6. The summed E-state index contributed by atoms with van der Waals surface area (Å²) < 4.78 is 11.5. The summed E-state index contributed by atoms with van der Waals surface area (Å²) >= 11 is 1.22. The molecule has 31 heavy (non-hydrogen) atoms. The highest BCUT2D eigenvalue weighted by Crippen LogP contribution is 2.28. The molecule has 1 heterocycles. The van der Waals surface area contributed by atoms with Crippen LogP contribution >= 0.6 is 11.8 Å². The van der Waals surface area contributed by atoms with Crippen LogP contribution in [-0.4, -0.2) is 21.4 Å². The standard InChI is InChI=1S/C24H21N3O3S/c1-16-8-6-7-11-21(16)23-26-27-24(30-23)31-17(2)22(28)25-18-12-14-20(15-13-18)29-19-9-4-3-5-10-19/h3-15,17H,1-2H3,(H,25,28). The molecule has 1 aromatic heterocycles. The Balaban J connectivity index is 1.34. The SMILES string of the molecule is Cc1ccccc1-c1nnc(SC(C)C(=O)Nc2ccc(Oc3ccccc3)cc2)o1. The number of hydrogen-bond donors (Lipinski definition) is 1. The fourth-order valence-electron chi connectivity index (χ4n) is 2.86. The number of thioether (sulfide) groups is 1. The van der Waals surface area contributed by atoms with Crippen LogP contribution in [0.15, 0.2) is 88.5 Å². The molecule has 0 aliphatic heterocycles. The van der Waals surface area contributed by atoms with Crippen molar-refractivity contribution in [2.24, 2.45) is 0 Å². The topological polar surface area (TPSA) is 77.2 Å². The van der Waals surface area contributed by atoms with Crippen LogP contribution in [-0.2, 0) is 4.79 Å². The van der Waals surface area contributed by atoms with Gasteiger partial charge in [-0.1, -0.05) is 48.2 Å². The van der Waals surface area contributed by atoms with Gasteiger partial charge < -0.3 is 14.5 Å². The van der Waals surface area contributed by atoms with Crippen molar-refractivity contribution in [2.75, 3.05) is 5.32 Å². The van der Waals surface area contributed by atoms with E-state index in [0.717, 1.165) is 16.9 Å². The number of carbonyl (C=O) groups excluding carboxylic acids is 1. The van der Waals surface area contributed by atoms with Crippen molar-refractivity contribution in [1.29, 1.82) is 0 Å². The monoisotopic (exact) mass is 431 g/mol. The molecule has 0 radical (unpaired) electrons. The summed E-state index contributed by atoms with van der Waals surface area (Å²) in [5, 5.41) is 11.0. The van der Waals surface area contributed by atoms with E-state index < -0.39 is 5.25 Å². The number of hydrogen-bond acceptors (Lipinski definition) is 6. The highest BCUT2D eigenvalue weighted by Gasteiger charge is 2.19. The summed E-state index contributed by atoms with van der Waals surface area (Å²) in [6, 6.07) is 24.6. The summed E-state index contributed by atoms with van der Waals surface area (Å²) in [5.41, 5.74) is 2.62. The molecule has 4 aromatic rings. The number of nitrogens with zero attached hydrogens (tertiary/aromatic N) is 2. The van der Waals surface area contributed by atoms with E-state index in [-0.39, 0.29) is 5.91 Å². The van der Waals surface area contributed by atoms with Crippen molar-refractivity contribution in [2.45, 2.75) is 24.3 Å². The molecule has 156 valence electrons. The smallest absolute Gasteiger partial charge is 0.277 e. The second kappa shape index (κ2) is 9.49. The Hall–Kier alpha value is -3.58. The molecule has 1 N–H and O–H groups in total. The van der Waals surface area contributed by atoms with Crippen molar-refractivity contribution in [1.82, 2.24) is 10.2 Å². The summed E-state index contributed by atoms with van der Waals surface area (Å²) in [6.45, 7) is 3.78. The van der Waals surface area contributed by atoms with Gasteiger partial charge in [0.2, 0.25) is 11.8 Å². The fraction of sp³-hybridized carbons (Fsp3) is 0.125. The molecule has 0 spiro atoms. The maximum Gasteiger partial charge on any atom is 0.277 e. The fourth-order valence-corrected chi connectivity index (χ4v) is 3.54. The van der Waals surface area contributed by atoms with Gasteiger partial charge in [0, 0.05) is 11.3 Å². The van der Waals surface area contributed by atoms with Gasteiger partial charge in [-0.3, -0.25) is 4.79 Å². The van der Waals surface area contributed by atoms with Crippen LogP contribution in [0.4, 0.5) is 5.69 Å². The summed E-state index contributed by atoms with van der Waals surface area (Å²) in [6.07, 6.45) is 0. The van der Waals surface area contributed by atoms with Crippen LogP contribution in [0.3, 0.4) is 0 Å². The number of para-hydroxylation sites is 1.